The van der Waals surface area contributed by atoms with Gasteiger partial charge in [0.2, 0.25) is 6.17 Å². The highest BCUT2D eigenvalue weighted by Gasteiger charge is 2.34. The molecule has 122 valence electrons. The highest BCUT2D eigenvalue weighted by Crippen LogP contribution is 2.18. The van der Waals surface area contributed by atoms with Crippen LogP contribution < -0.4 is 4.74 Å². The van der Waals surface area contributed by atoms with Gasteiger partial charge in [-0.25, -0.2) is 14.0 Å². The lowest BCUT2D eigenvalue weighted by atomic mass is 10.0. The quantitative estimate of drug-likeness (QED) is 0.585. The fourth-order valence-electron chi connectivity index (χ4n) is 1.68. The van der Waals surface area contributed by atoms with Crippen molar-refractivity contribution in [3.63, 3.8) is 0 Å². The van der Waals surface area contributed by atoms with E-state index in [0.29, 0.717) is 5.75 Å². The Balaban J connectivity index is 2.75. The van der Waals surface area contributed by atoms with E-state index in [2.05, 4.69) is 0 Å². The Bertz CT molecular complexity index is 499. The molecule has 7 heteroatoms. The van der Waals surface area contributed by atoms with E-state index >= 15 is 0 Å². The Morgan fingerprint density at radius 1 is 1.23 bits per heavy atom. The molecule has 6 nitrogen and oxygen atoms in total. The number of alkyl halides is 1. The van der Waals surface area contributed by atoms with Crippen LogP contribution in [-0.4, -0.2) is 43.2 Å². The summed E-state index contributed by atoms with van der Waals surface area (Å²) >= 11 is 0. The van der Waals surface area contributed by atoms with Crippen molar-refractivity contribution in [2.45, 2.75) is 26.1 Å². The summed E-state index contributed by atoms with van der Waals surface area (Å²) in [5, 5.41) is 8.71. The van der Waals surface area contributed by atoms with Gasteiger partial charge >= 0.3 is 11.9 Å². The molecule has 0 radical (unpaired) electrons. The maximum atomic E-state index is 13.6. The monoisotopic (exact) mass is 314 g/mol. The Labute approximate surface area is 127 Å². The SMILES string of the molecule is COCOc1ccc(C(=O)OC(C(C)C)C(F)C(=O)O)cc1. The number of benzene rings is 1. The molecule has 1 aromatic carbocycles. The molecule has 0 saturated carbocycles. The zero-order valence-electron chi connectivity index (χ0n) is 12.6. The summed E-state index contributed by atoms with van der Waals surface area (Å²) < 4.78 is 28.5. The number of rotatable bonds is 8. The molecule has 1 N–H and O–H groups in total. The van der Waals surface area contributed by atoms with Crippen molar-refractivity contribution in [3.05, 3.63) is 29.8 Å². The molecular formula is C15H19FO6. The molecule has 0 aliphatic carbocycles. The second-order valence-electron chi connectivity index (χ2n) is 4.93. The lowest BCUT2D eigenvalue weighted by molar-refractivity contribution is -0.148. The first-order chi connectivity index (χ1) is 10.4. The van der Waals surface area contributed by atoms with Crippen LogP contribution in [-0.2, 0) is 14.3 Å². The van der Waals surface area contributed by atoms with Crippen molar-refractivity contribution in [1.82, 2.24) is 0 Å². The average Bonchev–Trinajstić information content (AvgIpc) is 2.49. The Hall–Kier alpha value is -2.15. The fraction of sp³-hybridized carbons (Fsp3) is 0.467. The predicted octanol–water partition coefficient (Wildman–Crippen LogP) is 2.27. The average molecular weight is 314 g/mol. The summed E-state index contributed by atoms with van der Waals surface area (Å²) in [7, 11) is 1.48. The van der Waals surface area contributed by atoms with Crippen LogP contribution in [0.1, 0.15) is 24.2 Å². The molecule has 0 amide bonds. The van der Waals surface area contributed by atoms with Crippen LogP contribution in [0.2, 0.25) is 0 Å². The van der Waals surface area contributed by atoms with Gasteiger partial charge in [0.1, 0.15) is 11.9 Å². The highest BCUT2D eigenvalue weighted by atomic mass is 19.1. The van der Waals surface area contributed by atoms with E-state index in [9.17, 15) is 14.0 Å². The third-order valence-corrected chi connectivity index (χ3v) is 2.86. The van der Waals surface area contributed by atoms with Gasteiger partial charge in [-0.2, -0.15) is 0 Å². The molecule has 0 spiro atoms. The van der Waals surface area contributed by atoms with Crippen molar-refractivity contribution in [1.29, 1.82) is 0 Å². The van der Waals surface area contributed by atoms with Crippen LogP contribution >= 0.6 is 0 Å². The van der Waals surface area contributed by atoms with Gasteiger partial charge in [-0.15, -0.1) is 0 Å². The lowest BCUT2D eigenvalue weighted by Crippen LogP contribution is -2.38. The van der Waals surface area contributed by atoms with Crippen molar-refractivity contribution in [2.24, 2.45) is 5.92 Å². The number of esters is 1. The molecular weight excluding hydrogens is 295 g/mol. The maximum absolute atomic E-state index is 13.6. The van der Waals surface area contributed by atoms with E-state index < -0.39 is 30.1 Å². The molecule has 0 aliphatic heterocycles. The van der Waals surface area contributed by atoms with Crippen LogP contribution in [0.5, 0.6) is 5.75 Å². The van der Waals surface area contributed by atoms with E-state index in [0.717, 1.165) is 0 Å². The molecule has 0 fully saturated rings. The number of carbonyl (C=O) groups is 2. The van der Waals surface area contributed by atoms with Gasteiger partial charge in [0.25, 0.3) is 0 Å². The standard InChI is InChI=1S/C15H19FO6/c1-9(2)13(12(16)14(17)18)22-15(19)10-4-6-11(7-5-10)21-8-20-3/h4-7,9,12-13H,8H2,1-3H3,(H,17,18). The third-order valence-electron chi connectivity index (χ3n) is 2.86. The summed E-state index contributed by atoms with van der Waals surface area (Å²) in [4.78, 5) is 22.7. The number of halogens is 1. The molecule has 22 heavy (non-hydrogen) atoms. The van der Waals surface area contributed by atoms with E-state index in [1.165, 1.54) is 31.4 Å². The highest BCUT2D eigenvalue weighted by molar-refractivity contribution is 5.90. The van der Waals surface area contributed by atoms with Crippen molar-refractivity contribution >= 4 is 11.9 Å². The smallest absolute Gasteiger partial charge is 0.342 e. The number of hydrogen-bond donors (Lipinski definition) is 1. The van der Waals surface area contributed by atoms with Gasteiger partial charge < -0.3 is 19.3 Å². The molecule has 0 heterocycles. The van der Waals surface area contributed by atoms with Gasteiger partial charge in [0.15, 0.2) is 6.79 Å². The largest absolute Gasteiger partial charge is 0.479 e. The molecule has 0 bridgehead atoms. The van der Waals surface area contributed by atoms with Crippen molar-refractivity contribution in [2.75, 3.05) is 13.9 Å². The zero-order chi connectivity index (χ0) is 16.7. The summed E-state index contributed by atoms with van der Waals surface area (Å²) in [5.74, 6) is -2.43. The predicted molar refractivity (Wildman–Crippen MR) is 75.5 cm³/mol. The Kier molecular flexibility index (Phi) is 6.78. The first-order valence-electron chi connectivity index (χ1n) is 6.66. The maximum Gasteiger partial charge on any atom is 0.342 e. The number of hydrogen-bond acceptors (Lipinski definition) is 5. The molecule has 0 aliphatic rings. The number of ether oxygens (including phenoxy) is 3. The zero-order valence-corrected chi connectivity index (χ0v) is 12.6. The first kappa shape index (κ1) is 17.9. The van der Waals surface area contributed by atoms with Crippen LogP contribution in [0.4, 0.5) is 4.39 Å². The van der Waals surface area contributed by atoms with E-state index in [1.807, 2.05) is 0 Å². The second-order valence-corrected chi connectivity index (χ2v) is 4.93. The van der Waals surface area contributed by atoms with Crippen LogP contribution in [0.15, 0.2) is 24.3 Å². The molecule has 1 rings (SSSR count). The topological polar surface area (TPSA) is 82.1 Å². The molecule has 2 atom stereocenters. The van der Waals surface area contributed by atoms with E-state index in [1.54, 1.807) is 13.8 Å². The van der Waals surface area contributed by atoms with Gasteiger partial charge in [-0.1, -0.05) is 13.8 Å². The third kappa shape index (κ3) is 5.00. The number of carboxylic acids is 1. The van der Waals surface area contributed by atoms with E-state index in [4.69, 9.17) is 19.3 Å². The first-order valence-corrected chi connectivity index (χ1v) is 6.66. The number of carboxylic acid groups (broad SMARTS) is 1. The van der Waals surface area contributed by atoms with Gasteiger partial charge in [0, 0.05) is 7.11 Å². The van der Waals surface area contributed by atoms with Crippen molar-refractivity contribution < 1.29 is 33.3 Å². The van der Waals surface area contributed by atoms with Crippen LogP contribution in [0.25, 0.3) is 0 Å². The number of carbonyl (C=O) groups excluding carboxylic acids is 1. The second kappa shape index (κ2) is 8.33. The molecule has 0 aromatic heterocycles. The summed E-state index contributed by atoms with van der Waals surface area (Å²) in [6, 6.07) is 5.95. The minimum absolute atomic E-state index is 0.0708. The van der Waals surface area contributed by atoms with Gasteiger partial charge in [-0.3, -0.25) is 0 Å². The lowest BCUT2D eigenvalue weighted by Gasteiger charge is -2.22. The minimum Gasteiger partial charge on any atom is -0.479 e. The fourth-order valence-corrected chi connectivity index (χ4v) is 1.68. The van der Waals surface area contributed by atoms with E-state index in [-0.39, 0.29) is 12.4 Å². The van der Waals surface area contributed by atoms with Crippen LogP contribution in [0, 0.1) is 5.92 Å². The summed E-state index contributed by atoms with van der Waals surface area (Å²) in [5.41, 5.74) is 0.174. The summed E-state index contributed by atoms with van der Waals surface area (Å²) in [6.07, 6.45) is -3.62. The molecule has 2 unspecified atom stereocenters. The summed E-state index contributed by atoms with van der Waals surface area (Å²) in [6.45, 7) is 3.23. The number of methoxy groups -OCH3 is 1. The Morgan fingerprint density at radius 3 is 2.27 bits per heavy atom. The van der Waals surface area contributed by atoms with Gasteiger partial charge in [0.05, 0.1) is 5.56 Å². The minimum atomic E-state index is -2.27. The van der Waals surface area contributed by atoms with Crippen molar-refractivity contribution in [3.8, 4) is 5.75 Å². The Morgan fingerprint density at radius 2 is 1.82 bits per heavy atom. The van der Waals surface area contributed by atoms with Crippen LogP contribution in [0.3, 0.4) is 0 Å². The molecule has 0 saturated heterocycles. The molecule has 1 aromatic rings. The normalized spacial score (nSPS) is 13.5. The van der Waals surface area contributed by atoms with Gasteiger partial charge in [-0.05, 0) is 30.2 Å². The number of aliphatic carboxylic acids is 1.